The van der Waals surface area contributed by atoms with Crippen LogP contribution in [0.1, 0.15) is 76.0 Å². The molecule has 1 atom stereocenters. The molecule has 160 valence electrons. The average molecular weight is 401 g/mol. The molecule has 29 heavy (non-hydrogen) atoms. The van der Waals surface area contributed by atoms with Gasteiger partial charge in [-0.2, -0.15) is 0 Å². The first-order chi connectivity index (χ1) is 13.7. The van der Waals surface area contributed by atoms with Gasteiger partial charge in [0.1, 0.15) is 11.5 Å². The molecule has 2 aromatic carbocycles. The van der Waals surface area contributed by atoms with E-state index in [2.05, 4.69) is 20.8 Å². The van der Waals surface area contributed by atoms with Crippen LogP contribution in [0.4, 0.5) is 0 Å². The van der Waals surface area contributed by atoms with E-state index >= 15 is 0 Å². The van der Waals surface area contributed by atoms with Crippen molar-refractivity contribution >= 4 is 5.97 Å². The summed E-state index contributed by atoms with van der Waals surface area (Å²) < 4.78 is 0. The van der Waals surface area contributed by atoms with Crippen molar-refractivity contribution in [2.75, 3.05) is 0 Å². The predicted molar refractivity (Wildman–Crippen MR) is 119 cm³/mol. The Bertz CT molecular complexity index is 735. The molecule has 0 heterocycles. The van der Waals surface area contributed by atoms with Crippen LogP contribution >= 0.6 is 0 Å². The second kappa shape index (κ2) is 12.9. The van der Waals surface area contributed by atoms with E-state index in [4.69, 9.17) is 10.2 Å². The second-order valence-electron chi connectivity index (χ2n) is 8.02. The smallest absolute Gasteiger partial charge is 0.310 e. The first-order valence-corrected chi connectivity index (χ1v) is 10.6. The van der Waals surface area contributed by atoms with Gasteiger partial charge in [-0.05, 0) is 54.9 Å². The standard InChI is InChI=1S/C13H18O2.C12H18O2/c1-9(2)8-11-4-6-12(7-5-11)10(3)13(14)15;1-2-3-4-5-6-10-7-8-11(13)9-12(10)14/h4-7,9-10H,8H2,1-3H3,(H,14,15);7-9,13-14H,2-6H2,1H3. The molecule has 0 radical (unpaired) electrons. The van der Waals surface area contributed by atoms with Gasteiger partial charge in [0.2, 0.25) is 0 Å². The zero-order chi connectivity index (χ0) is 21.8. The Labute approximate surface area is 175 Å². The van der Waals surface area contributed by atoms with Crippen LogP contribution in [-0.4, -0.2) is 21.3 Å². The molecular formula is C25H36O4. The van der Waals surface area contributed by atoms with E-state index in [-0.39, 0.29) is 11.5 Å². The third-order valence-electron chi connectivity index (χ3n) is 4.86. The number of aromatic hydroxyl groups is 2. The molecule has 0 aromatic heterocycles. The largest absolute Gasteiger partial charge is 0.508 e. The molecule has 3 N–H and O–H groups in total. The highest BCUT2D eigenvalue weighted by molar-refractivity contribution is 5.75. The Kier molecular flexibility index (Phi) is 10.9. The molecule has 2 aromatic rings. The first-order valence-electron chi connectivity index (χ1n) is 10.6. The van der Waals surface area contributed by atoms with Gasteiger partial charge in [-0.25, -0.2) is 0 Å². The highest BCUT2D eigenvalue weighted by Crippen LogP contribution is 2.24. The molecule has 0 fully saturated rings. The van der Waals surface area contributed by atoms with Crippen molar-refractivity contribution < 1.29 is 20.1 Å². The molecule has 0 amide bonds. The Balaban J connectivity index is 0.000000291. The minimum absolute atomic E-state index is 0.125. The van der Waals surface area contributed by atoms with E-state index in [0.717, 1.165) is 30.4 Å². The lowest BCUT2D eigenvalue weighted by Crippen LogP contribution is -2.07. The molecule has 0 aliphatic heterocycles. The number of carboxylic acids is 1. The summed E-state index contributed by atoms with van der Waals surface area (Å²) in [4.78, 5) is 10.8. The summed E-state index contributed by atoms with van der Waals surface area (Å²) in [6.07, 6.45) is 6.72. The summed E-state index contributed by atoms with van der Waals surface area (Å²) in [5.74, 6) is -0.223. The number of hydrogen-bond donors (Lipinski definition) is 3. The van der Waals surface area contributed by atoms with E-state index in [0.29, 0.717) is 5.92 Å². The Morgan fingerprint density at radius 3 is 2.10 bits per heavy atom. The highest BCUT2D eigenvalue weighted by Gasteiger charge is 2.12. The quantitative estimate of drug-likeness (QED) is 0.432. The van der Waals surface area contributed by atoms with Gasteiger partial charge >= 0.3 is 5.97 Å². The zero-order valence-electron chi connectivity index (χ0n) is 18.2. The van der Waals surface area contributed by atoms with Crippen molar-refractivity contribution in [3.63, 3.8) is 0 Å². The minimum atomic E-state index is -0.772. The van der Waals surface area contributed by atoms with Crippen LogP contribution in [0.3, 0.4) is 0 Å². The number of aliphatic carboxylic acids is 1. The number of rotatable bonds is 9. The predicted octanol–water partition coefficient (Wildman–Crippen LogP) is 6.29. The molecule has 0 bridgehead atoms. The highest BCUT2D eigenvalue weighted by atomic mass is 16.4. The lowest BCUT2D eigenvalue weighted by molar-refractivity contribution is -0.138. The fourth-order valence-electron chi connectivity index (χ4n) is 3.06. The average Bonchev–Trinajstić information content (AvgIpc) is 2.66. The lowest BCUT2D eigenvalue weighted by Gasteiger charge is -2.09. The fraction of sp³-hybridized carbons (Fsp3) is 0.480. The molecule has 1 unspecified atom stereocenters. The van der Waals surface area contributed by atoms with Gasteiger partial charge in [-0.15, -0.1) is 0 Å². The number of benzene rings is 2. The van der Waals surface area contributed by atoms with Gasteiger partial charge in [0.05, 0.1) is 5.92 Å². The van der Waals surface area contributed by atoms with Crippen molar-refractivity contribution in [3.05, 3.63) is 59.2 Å². The van der Waals surface area contributed by atoms with Crippen molar-refractivity contribution in [3.8, 4) is 11.5 Å². The fourth-order valence-corrected chi connectivity index (χ4v) is 3.06. The van der Waals surface area contributed by atoms with E-state index in [1.165, 1.54) is 30.9 Å². The first kappa shape index (κ1) is 24.5. The SMILES string of the molecule is CC(C)Cc1ccc(C(C)C(=O)O)cc1.CCCCCCc1ccc(O)cc1O. The van der Waals surface area contributed by atoms with Gasteiger partial charge in [-0.3, -0.25) is 4.79 Å². The summed E-state index contributed by atoms with van der Waals surface area (Å²) in [6, 6.07) is 12.7. The van der Waals surface area contributed by atoms with Gasteiger partial charge in [0.25, 0.3) is 0 Å². The van der Waals surface area contributed by atoms with Crippen LogP contribution < -0.4 is 0 Å². The van der Waals surface area contributed by atoms with Crippen LogP contribution in [0.5, 0.6) is 11.5 Å². The Hall–Kier alpha value is -2.49. The van der Waals surface area contributed by atoms with Crippen LogP contribution in [-0.2, 0) is 17.6 Å². The number of phenolic OH excluding ortho intramolecular Hbond substituents is 2. The molecule has 0 spiro atoms. The maximum absolute atomic E-state index is 10.8. The Morgan fingerprint density at radius 2 is 1.59 bits per heavy atom. The van der Waals surface area contributed by atoms with Crippen molar-refractivity contribution in [2.24, 2.45) is 5.92 Å². The Morgan fingerprint density at radius 1 is 0.931 bits per heavy atom. The van der Waals surface area contributed by atoms with Crippen LogP contribution in [0.25, 0.3) is 0 Å². The topological polar surface area (TPSA) is 77.8 Å². The van der Waals surface area contributed by atoms with Gasteiger partial charge < -0.3 is 15.3 Å². The maximum atomic E-state index is 10.8. The van der Waals surface area contributed by atoms with E-state index in [1.807, 2.05) is 24.3 Å². The number of unbranched alkanes of at least 4 members (excludes halogenated alkanes) is 3. The van der Waals surface area contributed by atoms with Crippen LogP contribution in [0.15, 0.2) is 42.5 Å². The molecule has 4 heteroatoms. The normalized spacial score (nSPS) is 11.6. The molecule has 0 saturated heterocycles. The zero-order valence-corrected chi connectivity index (χ0v) is 18.2. The van der Waals surface area contributed by atoms with E-state index in [1.54, 1.807) is 19.1 Å². The number of carboxylic acid groups (broad SMARTS) is 1. The van der Waals surface area contributed by atoms with Crippen LogP contribution in [0.2, 0.25) is 0 Å². The molecule has 0 saturated carbocycles. The number of phenols is 2. The molecule has 0 aliphatic carbocycles. The van der Waals surface area contributed by atoms with Gasteiger partial charge in [0.15, 0.2) is 0 Å². The van der Waals surface area contributed by atoms with Gasteiger partial charge in [-0.1, -0.05) is 70.4 Å². The van der Waals surface area contributed by atoms with Gasteiger partial charge in [0, 0.05) is 6.07 Å². The molecule has 2 rings (SSSR count). The summed E-state index contributed by atoms with van der Waals surface area (Å²) in [5.41, 5.74) is 3.07. The third-order valence-corrected chi connectivity index (χ3v) is 4.86. The maximum Gasteiger partial charge on any atom is 0.310 e. The second-order valence-corrected chi connectivity index (χ2v) is 8.02. The molecule has 4 nitrogen and oxygen atoms in total. The molecular weight excluding hydrogens is 364 g/mol. The monoisotopic (exact) mass is 400 g/mol. The van der Waals surface area contributed by atoms with Crippen molar-refractivity contribution in [1.82, 2.24) is 0 Å². The van der Waals surface area contributed by atoms with Crippen molar-refractivity contribution in [2.45, 2.75) is 72.1 Å². The molecule has 0 aliphatic rings. The number of hydrogen-bond acceptors (Lipinski definition) is 3. The van der Waals surface area contributed by atoms with E-state index in [9.17, 15) is 9.90 Å². The number of carbonyl (C=O) groups is 1. The van der Waals surface area contributed by atoms with Crippen molar-refractivity contribution in [1.29, 1.82) is 0 Å². The lowest BCUT2D eigenvalue weighted by atomic mass is 9.97. The minimum Gasteiger partial charge on any atom is -0.508 e. The summed E-state index contributed by atoms with van der Waals surface area (Å²) in [5, 5.41) is 27.4. The summed E-state index contributed by atoms with van der Waals surface area (Å²) >= 11 is 0. The summed E-state index contributed by atoms with van der Waals surface area (Å²) in [7, 11) is 0. The third kappa shape index (κ3) is 9.51. The summed E-state index contributed by atoms with van der Waals surface area (Å²) in [6.45, 7) is 8.24. The van der Waals surface area contributed by atoms with E-state index < -0.39 is 11.9 Å². The number of aryl methyl sites for hydroxylation is 1. The van der Waals surface area contributed by atoms with Crippen LogP contribution in [0, 0.1) is 5.92 Å².